The third-order valence-corrected chi connectivity index (χ3v) is 4.30. The first-order chi connectivity index (χ1) is 8.74. The van der Waals surface area contributed by atoms with Gasteiger partial charge in [0.2, 0.25) is 0 Å². The van der Waals surface area contributed by atoms with Gasteiger partial charge in [-0.25, -0.2) is 0 Å². The Morgan fingerprint density at radius 1 is 1.17 bits per heavy atom. The fourth-order valence-corrected chi connectivity index (χ4v) is 2.84. The quantitative estimate of drug-likeness (QED) is 0.924. The monoisotopic (exact) mass is 311 g/mol. The first kappa shape index (κ1) is 14.0. The van der Waals surface area contributed by atoms with E-state index in [9.17, 15) is 0 Å². The lowest BCUT2D eigenvalue weighted by Crippen LogP contribution is -2.48. The van der Waals surface area contributed by atoms with Gasteiger partial charge in [0.15, 0.2) is 0 Å². The molecule has 1 aliphatic rings. The van der Waals surface area contributed by atoms with E-state index < -0.39 is 0 Å². The van der Waals surface area contributed by atoms with Gasteiger partial charge in [0.1, 0.15) is 0 Å². The topological polar surface area (TPSA) is 32.5 Å². The summed E-state index contributed by atoms with van der Waals surface area (Å²) in [7, 11) is 0. The lowest BCUT2D eigenvalue weighted by Gasteiger charge is -2.38. The SMILES string of the molecule is CCN1CCN(C(CN)c2ccc(Br)cc2)CC1. The highest BCUT2D eigenvalue weighted by molar-refractivity contribution is 9.10. The van der Waals surface area contributed by atoms with Gasteiger partial charge < -0.3 is 10.6 Å². The van der Waals surface area contributed by atoms with Crippen molar-refractivity contribution in [3.63, 3.8) is 0 Å². The molecule has 1 aromatic carbocycles. The van der Waals surface area contributed by atoms with Crippen LogP contribution in [0.1, 0.15) is 18.5 Å². The van der Waals surface area contributed by atoms with Crippen molar-refractivity contribution in [3.8, 4) is 0 Å². The van der Waals surface area contributed by atoms with Crippen molar-refractivity contribution in [1.82, 2.24) is 9.80 Å². The van der Waals surface area contributed by atoms with Crippen LogP contribution in [0.5, 0.6) is 0 Å². The molecule has 0 radical (unpaired) electrons. The molecule has 0 aliphatic carbocycles. The van der Waals surface area contributed by atoms with E-state index in [-0.39, 0.29) is 0 Å². The molecule has 1 aliphatic heterocycles. The second-order valence-corrected chi connectivity index (χ2v) is 5.69. The van der Waals surface area contributed by atoms with Crippen LogP contribution in [0.3, 0.4) is 0 Å². The minimum Gasteiger partial charge on any atom is -0.329 e. The van der Waals surface area contributed by atoms with Crippen molar-refractivity contribution < 1.29 is 0 Å². The molecule has 1 atom stereocenters. The Hall–Kier alpha value is -0.420. The number of nitrogens with zero attached hydrogens (tertiary/aromatic N) is 2. The third kappa shape index (κ3) is 3.32. The van der Waals surface area contributed by atoms with Crippen LogP contribution >= 0.6 is 15.9 Å². The minimum atomic E-state index is 0.358. The molecule has 1 unspecified atom stereocenters. The maximum atomic E-state index is 5.97. The van der Waals surface area contributed by atoms with Crippen molar-refractivity contribution >= 4 is 15.9 Å². The molecule has 1 fully saturated rings. The molecule has 1 heterocycles. The normalized spacial score (nSPS) is 19.9. The van der Waals surface area contributed by atoms with Crippen molar-refractivity contribution in [2.75, 3.05) is 39.3 Å². The van der Waals surface area contributed by atoms with Crippen LogP contribution in [0.2, 0.25) is 0 Å². The predicted octanol–water partition coefficient (Wildman–Crippen LogP) is 2.09. The van der Waals surface area contributed by atoms with E-state index in [4.69, 9.17) is 5.73 Å². The zero-order valence-electron chi connectivity index (χ0n) is 11.0. The summed E-state index contributed by atoms with van der Waals surface area (Å²) >= 11 is 3.48. The predicted molar refractivity (Wildman–Crippen MR) is 79.6 cm³/mol. The number of likely N-dealkylation sites (N-methyl/N-ethyl adjacent to an activating group) is 1. The van der Waals surface area contributed by atoms with Gasteiger partial charge in [0.25, 0.3) is 0 Å². The van der Waals surface area contributed by atoms with E-state index in [2.05, 4.69) is 56.9 Å². The minimum absolute atomic E-state index is 0.358. The Balaban J connectivity index is 2.03. The van der Waals surface area contributed by atoms with Crippen LogP contribution in [0.25, 0.3) is 0 Å². The first-order valence-electron chi connectivity index (χ1n) is 6.66. The van der Waals surface area contributed by atoms with Gasteiger partial charge >= 0.3 is 0 Å². The maximum Gasteiger partial charge on any atom is 0.0471 e. The Labute approximate surface area is 118 Å². The van der Waals surface area contributed by atoms with Gasteiger partial charge in [-0.2, -0.15) is 0 Å². The number of benzene rings is 1. The Kier molecular flexibility index (Phi) is 5.18. The smallest absolute Gasteiger partial charge is 0.0471 e. The first-order valence-corrected chi connectivity index (χ1v) is 7.45. The van der Waals surface area contributed by atoms with E-state index in [1.54, 1.807) is 0 Å². The van der Waals surface area contributed by atoms with Gasteiger partial charge in [-0.3, -0.25) is 4.90 Å². The summed E-state index contributed by atoms with van der Waals surface area (Å²) in [6.45, 7) is 8.61. The van der Waals surface area contributed by atoms with Crippen molar-refractivity contribution in [1.29, 1.82) is 0 Å². The number of hydrogen-bond acceptors (Lipinski definition) is 3. The zero-order chi connectivity index (χ0) is 13.0. The molecular formula is C14H22BrN3. The number of hydrogen-bond donors (Lipinski definition) is 1. The highest BCUT2D eigenvalue weighted by Gasteiger charge is 2.23. The van der Waals surface area contributed by atoms with Gasteiger partial charge in [-0.15, -0.1) is 0 Å². The molecule has 2 rings (SSSR count). The summed E-state index contributed by atoms with van der Waals surface area (Å²) in [5.41, 5.74) is 7.30. The fourth-order valence-electron chi connectivity index (χ4n) is 2.57. The number of nitrogens with two attached hydrogens (primary N) is 1. The Morgan fingerprint density at radius 2 is 1.78 bits per heavy atom. The maximum absolute atomic E-state index is 5.97. The molecule has 4 heteroatoms. The van der Waals surface area contributed by atoms with Crippen LogP contribution in [0.15, 0.2) is 28.7 Å². The average Bonchev–Trinajstić information content (AvgIpc) is 2.42. The van der Waals surface area contributed by atoms with E-state index in [0.717, 1.165) is 37.2 Å². The van der Waals surface area contributed by atoms with Crippen LogP contribution in [0.4, 0.5) is 0 Å². The molecule has 3 nitrogen and oxygen atoms in total. The molecule has 0 bridgehead atoms. The third-order valence-electron chi connectivity index (χ3n) is 3.77. The molecule has 1 aromatic rings. The molecule has 0 spiro atoms. The number of piperazine rings is 1. The Bertz CT molecular complexity index is 358. The summed E-state index contributed by atoms with van der Waals surface area (Å²) in [6.07, 6.45) is 0. The summed E-state index contributed by atoms with van der Waals surface area (Å²) in [5.74, 6) is 0. The lowest BCUT2D eigenvalue weighted by molar-refractivity contribution is 0.102. The van der Waals surface area contributed by atoms with E-state index in [0.29, 0.717) is 12.6 Å². The Morgan fingerprint density at radius 3 is 2.28 bits per heavy atom. The van der Waals surface area contributed by atoms with Crippen LogP contribution in [-0.2, 0) is 0 Å². The number of rotatable bonds is 4. The molecule has 2 N–H and O–H groups in total. The average molecular weight is 312 g/mol. The van der Waals surface area contributed by atoms with Crippen LogP contribution in [0, 0.1) is 0 Å². The molecular weight excluding hydrogens is 290 g/mol. The summed E-state index contributed by atoms with van der Waals surface area (Å²) in [4.78, 5) is 5.00. The van der Waals surface area contributed by atoms with Gasteiger partial charge in [-0.05, 0) is 24.2 Å². The van der Waals surface area contributed by atoms with E-state index in [1.807, 2.05) is 0 Å². The van der Waals surface area contributed by atoms with Crippen molar-refractivity contribution in [2.24, 2.45) is 5.73 Å². The van der Waals surface area contributed by atoms with Crippen molar-refractivity contribution in [2.45, 2.75) is 13.0 Å². The standard InChI is InChI=1S/C14H22BrN3/c1-2-17-7-9-18(10-8-17)14(11-16)12-3-5-13(15)6-4-12/h3-6,14H,2,7-11,16H2,1H3. The molecule has 0 amide bonds. The largest absolute Gasteiger partial charge is 0.329 e. The van der Waals surface area contributed by atoms with Crippen molar-refractivity contribution in [3.05, 3.63) is 34.3 Å². The molecule has 18 heavy (non-hydrogen) atoms. The van der Waals surface area contributed by atoms with Gasteiger partial charge in [0, 0.05) is 43.2 Å². The molecule has 0 aromatic heterocycles. The lowest BCUT2D eigenvalue weighted by atomic mass is 10.0. The highest BCUT2D eigenvalue weighted by atomic mass is 79.9. The van der Waals surface area contributed by atoms with E-state index >= 15 is 0 Å². The molecule has 0 saturated carbocycles. The highest BCUT2D eigenvalue weighted by Crippen LogP contribution is 2.22. The van der Waals surface area contributed by atoms with Gasteiger partial charge in [-0.1, -0.05) is 35.0 Å². The molecule has 100 valence electrons. The molecule has 1 saturated heterocycles. The van der Waals surface area contributed by atoms with Crippen LogP contribution < -0.4 is 5.73 Å². The number of halogens is 1. The summed E-state index contributed by atoms with van der Waals surface area (Å²) in [6, 6.07) is 8.90. The van der Waals surface area contributed by atoms with E-state index in [1.165, 1.54) is 5.56 Å². The fraction of sp³-hybridized carbons (Fsp3) is 0.571. The van der Waals surface area contributed by atoms with Gasteiger partial charge in [0.05, 0.1) is 0 Å². The summed E-state index contributed by atoms with van der Waals surface area (Å²) in [5, 5.41) is 0. The van der Waals surface area contributed by atoms with Crippen LogP contribution in [-0.4, -0.2) is 49.1 Å². The summed E-state index contributed by atoms with van der Waals surface area (Å²) < 4.78 is 1.12. The zero-order valence-corrected chi connectivity index (χ0v) is 12.6. The second-order valence-electron chi connectivity index (χ2n) is 4.77. The second kappa shape index (κ2) is 6.66.